The Morgan fingerprint density at radius 1 is 0.944 bits per heavy atom. The number of hydrogen-bond acceptors (Lipinski definition) is 2. The van der Waals surface area contributed by atoms with Crippen LogP contribution in [0.2, 0.25) is 0 Å². The lowest BCUT2D eigenvalue weighted by Gasteiger charge is -2.07. The fourth-order valence-electron chi connectivity index (χ4n) is 1.64. The number of carboxylic acids is 1. The van der Waals surface area contributed by atoms with Gasteiger partial charge in [-0.2, -0.15) is 0 Å². The van der Waals surface area contributed by atoms with Gasteiger partial charge in [-0.25, -0.2) is 4.79 Å². The monoisotopic (exact) mass is 354 g/mol. The number of aliphatic carboxylic acids is 1. The maximum Gasteiger partial charge on any atom is 0.337 e. The Kier molecular flexibility index (Phi) is 3.98. The Bertz CT molecular complexity index is 546. The zero-order valence-corrected chi connectivity index (χ0v) is 11.5. The highest BCUT2D eigenvalue weighted by molar-refractivity contribution is 14.1. The van der Waals surface area contributed by atoms with Crippen molar-refractivity contribution in [1.82, 2.24) is 0 Å². The second-order valence-corrected chi connectivity index (χ2v) is 5.12. The minimum absolute atomic E-state index is 0.386. The molecule has 0 bridgehead atoms. The molecule has 2 rings (SSSR count). The van der Waals surface area contributed by atoms with E-state index in [9.17, 15) is 9.90 Å². The summed E-state index contributed by atoms with van der Waals surface area (Å²) in [7, 11) is 0. The number of benzene rings is 2. The van der Waals surface area contributed by atoms with E-state index >= 15 is 0 Å². The molecule has 92 valence electrons. The zero-order valence-electron chi connectivity index (χ0n) is 9.38. The Morgan fingerprint density at radius 3 is 1.83 bits per heavy atom. The van der Waals surface area contributed by atoms with Gasteiger partial charge in [-0.3, -0.25) is 0 Å². The van der Waals surface area contributed by atoms with Crippen LogP contribution < -0.4 is 0 Å². The van der Waals surface area contributed by atoms with Gasteiger partial charge in [-0.05, 0) is 51.4 Å². The molecule has 0 aliphatic carbocycles. The van der Waals surface area contributed by atoms with Crippen molar-refractivity contribution < 1.29 is 15.0 Å². The van der Waals surface area contributed by atoms with Crippen LogP contribution in [-0.4, -0.2) is 16.2 Å². The Balaban J connectivity index is 2.27. The van der Waals surface area contributed by atoms with E-state index in [2.05, 4.69) is 22.6 Å². The molecule has 0 aromatic heterocycles. The lowest BCUT2D eigenvalue weighted by atomic mass is 10.0. The van der Waals surface area contributed by atoms with Gasteiger partial charge in [0.2, 0.25) is 0 Å². The summed E-state index contributed by atoms with van der Waals surface area (Å²) in [5.74, 6) is -1.24. The van der Waals surface area contributed by atoms with Gasteiger partial charge in [0, 0.05) is 3.57 Å². The van der Waals surface area contributed by atoms with Crippen molar-refractivity contribution in [3.05, 3.63) is 57.7 Å². The van der Waals surface area contributed by atoms with Crippen LogP contribution in [0, 0.1) is 3.57 Å². The SMILES string of the molecule is O=C(O)C(O)c1ccc(-c2ccc(I)cc2)cc1. The summed E-state index contributed by atoms with van der Waals surface area (Å²) in [5, 5.41) is 18.1. The van der Waals surface area contributed by atoms with Crippen LogP contribution in [0.4, 0.5) is 0 Å². The topological polar surface area (TPSA) is 57.5 Å². The Labute approximate surface area is 118 Å². The summed E-state index contributed by atoms with van der Waals surface area (Å²) in [6, 6.07) is 14.9. The van der Waals surface area contributed by atoms with Gasteiger partial charge in [0.05, 0.1) is 0 Å². The fraction of sp³-hybridized carbons (Fsp3) is 0.0714. The normalized spacial score (nSPS) is 12.1. The lowest BCUT2D eigenvalue weighted by molar-refractivity contribution is -0.146. The first-order chi connectivity index (χ1) is 8.58. The molecule has 0 radical (unpaired) electrons. The number of aliphatic hydroxyl groups is 1. The van der Waals surface area contributed by atoms with Crippen molar-refractivity contribution >= 4 is 28.6 Å². The van der Waals surface area contributed by atoms with Crippen LogP contribution in [0.1, 0.15) is 11.7 Å². The van der Waals surface area contributed by atoms with Crippen LogP contribution in [0.3, 0.4) is 0 Å². The number of aliphatic hydroxyl groups excluding tert-OH is 1. The molecule has 1 atom stereocenters. The average molecular weight is 354 g/mol. The van der Waals surface area contributed by atoms with Gasteiger partial charge < -0.3 is 10.2 Å². The number of carbonyl (C=O) groups is 1. The van der Waals surface area contributed by atoms with E-state index in [-0.39, 0.29) is 0 Å². The molecule has 18 heavy (non-hydrogen) atoms. The Hall–Kier alpha value is -1.40. The van der Waals surface area contributed by atoms with Gasteiger partial charge in [0.1, 0.15) is 0 Å². The van der Waals surface area contributed by atoms with Gasteiger partial charge in [0.15, 0.2) is 6.10 Å². The molecule has 0 spiro atoms. The number of rotatable bonds is 3. The standard InChI is InChI=1S/C14H11IO3/c15-12-7-5-10(6-8-12)9-1-3-11(4-2-9)13(16)14(17)18/h1-8,13,16H,(H,17,18). The largest absolute Gasteiger partial charge is 0.479 e. The van der Waals surface area contributed by atoms with E-state index in [0.29, 0.717) is 5.56 Å². The van der Waals surface area contributed by atoms with E-state index < -0.39 is 12.1 Å². The Morgan fingerprint density at radius 2 is 1.39 bits per heavy atom. The highest BCUT2D eigenvalue weighted by Crippen LogP contribution is 2.23. The van der Waals surface area contributed by atoms with Crippen molar-refractivity contribution in [3.63, 3.8) is 0 Å². The molecule has 2 aromatic rings. The summed E-state index contributed by atoms with van der Waals surface area (Å²) < 4.78 is 1.16. The minimum Gasteiger partial charge on any atom is -0.479 e. The van der Waals surface area contributed by atoms with Crippen molar-refractivity contribution in [3.8, 4) is 11.1 Å². The third-order valence-corrected chi connectivity index (χ3v) is 3.36. The first-order valence-electron chi connectivity index (χ1n) is 5.34. The molecule has 0 heterocycles. The predicted molar refractivity (Wildman–Crippen MR) is 77.2 cm³/mol. The summed E-state index contributed by atoms with van der Waals surface area (Å²) in [6.45, 7) is 0. The average Bonchev–Trinajstić information content (AvgIpc) is 2.39. The highest BCUT2D eigenvalue weighted by atomic mass is 127. The molecule has 2 N–H and O–H groups in total. The zero-order chi connectivity index (χ0) is 13.1. The quantitative estimate of drug-likeness (QED) is 0.833. The second-order valence-electron chi connectivity index (χ2n) is 3.87. The van der Waals surface area contributed by atoms with E-state index in [1.54, 1.807) is 12.1 Å². The molecule has 4 heteroatoms. The number of hydrogen-bond donors (Lipinski definition) is 2. The molecule has 3 nitrogen and oxygen atoms in total. The van der Waals surface area contributed by atoms with Gasteiger partial charge >= 0.3 is 5.97 Å². The van der Waals surface area contributed by atoms with E-state index in [1.807, 2.05) is 36.4 Å². The first-order valence-corrected chi connectivity index (χ1v) is 6.42. The molecular formula is C14H11IO3. The smallest absolute Gasteiger partial charge is 0.337 e. The minimum atomic E-state index is -1.46. The van der Waals surface area contributed by atoms with Gasteiger partial charge in [-0.15, -0.1) is 0 Å². The molecular weight excluding hydrogens is 343 g/mol. The third kappa shape index (κ3) is 2.88. The van der Waals surface area contributed by atoms with Gasteiger partial charge in [0.25, 0.3) is 0 Å². The summed E-state index contributed by atoms with van der Waals surface area (Å²) in [5.41, 5.74) is 2.44. The van der Waals surface area contributed by atoms with Crippen molar-refractivity contribution in [1.29, 1.82) is 0 Å². The molecule has 2 aromatic carbocycles. The number of halogens is 1. The van der Waals surface area contributed by atoms with E-state index in [0.717, 1.165) is 14.7 Å². The van der Waals surface area contributed by atoms with E-state index in [1.165, 1.54) is 0 Å². The first kappa shape index (κ1) is 13.0. The van der Waals surface area contributed by atoms with E-state index in [4.69, 9.17) is 5.11 Å². The summed E-state index contributed by atoms with van der Waals surface area (Å²) >= 11 is 2.24. The summed E-state index contributed by atoms with van der Waals surface area (Å²) in [4.78, 5) is 10.6. The van der Waals surface area contributed by atoms with Crippen LogP contribution in [0.25, 0.3) is 11.1 Å². The van der Waals surface area contributed by atoms with Crippen LogP contribution in [0.15, 0.2) is 48.5 Å². The van der Waals surface area contributed by atoms with Gasteiger partial charge in [-0.1, -0.05) is 36.4 Å². The number of carboxylic acid groups (broad SMARTS) is 1. The molecule has 0 saturated carbocycles. The van der Waals surface area contributed by atoms with Crippen molar-refractivity contribution in [2.75, 3.05) is 0 Å². The van der Waals surface area contributed by atoms with Crippen molar-refractivity contribution in [2.24, 2.45) is 0 Å². The van der Waals surface area contributed by atoms with Crippen LogP contribution in [-0.2, 0) is 4.79 Å². The maximum atomic E-state index is 10.6. The molecule has 0 aliphatic rings. The third-order valence-electron chi connectivity index (χ3n) is 2.64. The fourth-order valence-corrected chi connectivity index (χ4v) is 2.00. The van der Waals surface area contributed by atoms with Crippen molar-refractivity contribution in [2.45, 2.75) is 6.10 Å². The van der Waals surface area contributed by atoms with Crippen LogP contribution >= 0.6 is 22.6 Å². The molecule has 0 saturated heterocycles. The predicted octanol–water partition coefficient (Wildman–Crippen LogP) is 3.08. The second kappa shape index (κ2) is 5.49. The van der Waals surface area contributed by atoms with Crippen LogP contribution in [0.5, 0.6) is 0 Å². The lowest BCUT2D eigenvalue weighted by Crippen LogP contribution is -2.09. The molecule has 0 aliphatic heterocycles. The maximum absolute atomic E-state index is 10.6. The highest BCUT2D eigenvalue weighted by Gasteiger charge is 2.15. The molecule has 0 amide bonds. The summed E-state index contributed by atoms with van der Waals surface area (Å²) in [6.07, 6.45) is -1.46. The molecule has 1 unspecified atom stereocenters. The molecule has 0 fully saturated rings.